The summed E-state index contributed by atoms with van der Waals surface area (Å²) in [5.74, 6) is 0.00271. The average molecular weight is 478 g/mol. The number of carbonyl (C=O) groups excluding carboxylic acids is 1. The van der Waals surface area contributed by atoms with E-state index in [9.17, 15) is 4.79 Å². The van der Waals surface area contributed by atoms with Crippen molar-refractivity contribution < 1.29 is 9.53 Å². The first kappa shape index (κ1) is 21.7. The van der Waals surface area contributed by atoms with Gasteiger partial charge in [-0.15, -0.1) is 0 Å². The number of benzene rings is 3. The topological polar surface area (TPSA) is 53.6 Å². The number of anilines is 2. The first-order valence-electron chi connectivity index (χ1n) is 10.8. The second-order valence-corrected chi connectivity index (χ2v) is 9.54. The van der Waals surface area contributed by atoms with Gasteiger partial charge in [-0.3, -0.25) is 9.69 Å². The Morgan fingerprint density at radius 3 is 2.58 bits per heavy atom. The highest BCUT2D eigenvalue weighted by Crippen LogP contribution is 2.49. The summed E-state index contributed by atoms with van der Waals surface area (Å²) >= 11 is 11.9. The number of nitrogens with zero attached hydrogens (tertiary/aromatic N) is 1. The second kappa shape index (κ2) is 8.04. The number of halogens is 1. The molecule has 0 aromatic heterocycles. The number of ether oxygens (including phenoxy) is 1. The summed E-state index contributed by atoms with van der Waals surface area (Å²) in [6, 6.07) is 20.8. The lowest BCUT2D eigenvalue weighted by atomic mass is 9.78. The Labute approximate surface area is 203 Å². The molecule has 3 unspecified atom stereocenters. The number of amides is 1. The van der Waals surface area contributed by atoms with Gasteiger partial charge in [-0.05, 0) is 75.0 Å². The molecule has 5 nitrogen and oxygen atoms in total. The normalized spacial score (nSPS) is 23.3. The Hall–Kier alpha value is -3.09. The van der Waals surface area contributed by atoms with Crippen molar-refractivity contribution in [3.63, 3.8) is 0 Å². The van der Waals surface area contributed by atoms with Crippen LogP contribution in [-0.2, 0) is 4.79 Å². The van der Waals surface area contributed by atoms with Crippen molar-refractivity contribution in [2.45, 2.75) is 32.5 Å². The minimum Gasteiger partial charge on any atom is -0.467 e. The van der Waals surface area contributed by atoms with Crippen molar-refractivity contribution in [2.75, 3.05) is 10.2 Å². The van der Waals surface area contributed by atoms with Gasteiger partial charge in [0, 0.05) is 22.0 Å². The standard InChI is InChI=1S/C26H24ClN3O2S/c1-15-8-13-20(16(2)14-15)28-24(31)22-23-19-6-4-5-7-21(19)32-26(22,3)30(25(33)29-23)18-11-9-17(27)10-12-18/h4-14,22-23H,1-3H3,(H,28,31)(H,29,33). The first-order valence-corrected chi connectivity index (χ1v) is 11.6. The molecule has 33 heavy (non-hydrogen) atoms. The zero-order chi connectivity index (χ0) is 23.3. The number of hydrogen-bond acceptors (Lipinski definition) is 3. The van der Waals surface area contributed by atoms with Gasteiger partial charge in [0.05, 0.1) is 6.04 Å². The van der Waals surface area contributed by atoms with Gasteiger partial charge in [-0.2, -0.15) is 0 Å². The third-order valence-electron chi connectivity index (χ3n) is 6.41. The van der Waals surface area contributed by atoms with Crippen LogP contribution in [0.15, 0.2) is 66.7 Å². The second-order valence-electron chi connectivity index (χ2n) is 8.72. The molecule has 2 bridgehead atoms. The van der Waals surface area contributed by atoms with E-state index in [4.69, 9.17) is 28.6 Å². The van der Waals surface area contributed by atoms with Crippen LogP contribution < -0.4 is 20.3 Å². The Kier molecular flexibility index (Phi) is 5.30. The van der Waals surface area contributed by atoms with Crippen LogP contribution in [0.1, 0.15) is 29.7 Å². The summed E-state index contributed by atoms with van der Waals surface area (Å²) < 4.78 is 6.58. The highest BCUT2D eigenvalue weighted by molar-refractivity contribution is 7.80. The summed E-state index contributed by atoms with van der Waals surface area (Å²) in [5.41, 5.74) is 3.58. The van der Waals surface area contributed by atoms with Gasteiger partial charge in [0.15, 0.2) is 10.8 Å². The lowest BCUT2D eigenvalue weighted by molar-refractivity contribution is -0.130. The highest BCUT2D eigenvalue weighted by atomic mass is 35.5. The molecule has 0 saturated carbocycles. The van der Waals surface area contributed by atoms with Gasteiger partial charge in [0.1, 0.15) is 11.7 Å². The van der Waals surface area contributed by atoms with E-state index in [1.807, 2.05) is 74.2 Å². The molecule has 3 aromatic rings. The molecule has 1 fully saturated rings. The van der Waals surface area contributed by atoms with Gasteiger partial charge in [0.25, 0.3) is 0 Å². The number of aryl methyl sites for hydroxylation is 2. The van der Waals surface area contributed by atoms with E-state index in [-0.39, 0.29) is 11.9 Å². The minimum atomic E-state index is -1.06. The third kappa shape index (κ3) is 3.63. The van der Waals surface area contributed by atoms with Gasteiger partial charge >= 0.3 is 0 Å². The van der Waals surface area contributed by atoms with Gasteiger partial charge in [0.2, 0.25) is 5.91 Å². The Bertz CT molecular complexity index is 1260. The molecule has 5 rings (SSSR count). The molecule has 0 aliphatic carbocycles. The summed E-state index contributed by atoms with van der Waals surface area (Å²) in [7, 11) is 0. The maximum absolute atomic E-state index is 13.8. The van der Waals surface area contributed by atoms with Crippen molar-refractivity contribution in [1.29, 1.82) is 0 Å². The smallest absolute Gasteiger partial charge is 0.236 e. The van der Waals surface area contributed by atoms with Gasteiger partial charge < -0.3 is 15.4 Å². The number of carbonyl (C=O) groups is 1. The molecular formula is C26H24ClN3O2S. The van der Waals surface area contributed by atoms with E-state index in [2.05, 4.69) is 16.7 Å². The van der Waals surface area contributed by atoms with Crippen molar-refractivity contribution in [3.05, 3.63) is 88.4 Å². The molecule has 0 radical (unpaired) electrons. The summed E-state index contributed by atoms with van der Waals surface area (Å²) in [6.45, 7) is 5.94. The first-order chi connectivity index (χ1) is 15.8. The van der Waals surface area contributed by atoms with E-state index in [0.29, 0.717) is 10.1 Å². The maximum atomic E-state index is 13.8. The van der Waals surface area contributed by atoms with Crippen LogP contribution in [0.3, 0.4) is 0 Å². The van der Waals surface area contributed by atoms with Crippen LogP contribution in [-0.4, -0.2) is 16.7 Å². The van der Waals surface area contributed by atoms with Crippen LogP contribution in [0, 0.1) is 19.8 Å². The van der Waals surface area contributed by atoms with E-state index < -0.39 is 11.6 Å². The van der Waals surface area contributed by atoms with Crippen molar-refractivity contribution in [3.8, 4) is 5.75 Å². The predicted octanol–water partition coefficient (Wildman–Crippen LogP) is 5.76. The number of nitrogens with one attached hydrogen (secondary N) is 2. The summed E-state index contributed by atoms with van der Waals surface area (Å²) in [4.78, 5) is 15.7. The highest BCUT2D eigenvalue weighted by Gasteiger charge is 2.59. The Balaban J connectivity index is 1.61. The third-order valence-corrected chi connectivity index (χ3v) is 6.97. The van der Waals surface area contributed by atoms with Crippen LogP contribution in [0.25, 0.3) is 0 Å². The molecule has 0 spiro atoms. The Morgan fingerprint density at radius 1 is 1.12 bits per heavy atom. The molecule has 3 atom stereocenters. The summed E-state index contributed by atoms with van der Waals surface area (Å²) in [5, 5.41) is 7.67. The molecule has 7 heteroatoms. The maximum Gasteiger partial charge on any atom is 0.236 e. The largest absolute Gasteiger partial charge is 0.467 e. The monoisotopic (exact) mass is 477 g/mol. The molecule has 2 aliphatic heterocycles. The number of fused-ring (bicyclic) bond motifs is 4. The Morgan fingerprint density at radius 2 is 1.85 bits per heavy atom. The number of hydrogen-bond donors (Lipinski definition) is 2. The van der Waals surface area contributed by atoms with Crippen molar-refractivity contribution in [1.82, 2.24) is 5.32 Å². The molecule has 2 aliphatic rings. The van der Waals surface area contributed by atoms with Crippen LogP contribution in [0.5, 0.6) is 5.75 Å². The zero-order valence-electron chi connectivity index (χ0n) is 18.6. The van der Waals surface area contributed by atoms with Crippen LogP contribution in [0.2, 0.25) is 5.02 Å². The van der Waals surface area contributed by atoms with Crippen molar-refractivity contribution in [2.24, 2.45) is 5.92 Å². The number of thiocarbonyl (C=S) groups is 1. The molecule has 168 valence electrons. The van der Waals surface area contributed by atoms with Crippen LogP contribution in [0.4, 0.5) is 11.4 Å². The van der Waals surface area contributed by atoms with E-state index in [1.54, 1.807) is 12.1 Å². The summed E-state index contributed by atoms with van der Waals surface area (Å²) in [6.07, 6.45) is 0. The number of para-hydroxylation sites is 1. The quantitative estimate of drug-likeness (QED) is 0.470. The van der Waals surface area contributed by atoms with E-state index in [0.717, 1.165) is 33.8 Å². The number of rotatable bonds is 3. The van der Waals surface area contributed by atoms with Gasteiger partial charge in [-0.25, -0.2) is 0 Å². The molecule has 3 aromatic carbocycles. The van der Waals surface area contributed by atoms with Gasteiger partial charge in [-0.1, -0.05) is 47.5 Å². The lowest BCUT2D eigenvalue weighted by Crippen LogP contribution is -2.72. The lowest BCUT2D eigenvalue weighted by Gasteiger charge is -2.56. The molecule has 2 N–H and O–H groups in total. The van der Waals surface area contributed by atoms with Crippen molar-refractivity contribution >= 4 is 46.2 Å². The van der Waals surface area contributed by atoms with Crippen LogP contribution >= 0.6 is 23.8 Å². The average Bonchev–Trinajstić information content (AvgIpc) is 2.76. The molecular weight excluding hydrogens is 454 g/mol. The SMILES string of the molecule is Cc1ccc(NC(=O)C2C3NC(=S)N(c4ccc(Cl)cc4)C2(C)Oc2ccccc23)c(C)c1. The fourth-order valence-corrected chi connectivity index (χ4v) is 5.41. The fraction of sp³-hybridized carbons (Fsp3) is 0.231. The molecule has 2 heterocycles. The molecule has 1 saturated heterocycles. The zero-order valence-corrected chi connectivity index (χ0v) is 20.1. The minimum absolute atomic E-state index is 0.141. The fourth-order valence-electron chi connectivity index (χ4n) is 4.87. The molecule has 1 amide bonds. The van der Waals surface area contributed by atoms with E-state index >= 15 is 0 Å². The predicted molar refractivity (Wildman–Crippen MR) is 136 cm³/mol. The van der Waals surface area contributed by atoms with E-state index in [1.165, 1.54) is 0 Å².